The average Bonchev–Trinajstić information content (AvgIpc) is 2.45. The summed E-state index contributed by atoms with van der Waals surface area (Å²) in [5, 5.41) is 0. The average molecular weight is 347 g/mol. The van der Waals surface area contributed by atoms with Crippen LogP contribution in [0.1, 0.15) is 42.3 Å². The summed E-state index contributed by atoms with van der Waals surface area (Å²) in [6, 6.07) is 13.8. The van der Waals surface area contributed by atoms with E-state index in [0.29, 0.717) is 12.2 Å². The maximum Gasteiger partial charge on any atom is 0.150 e. The predicted octanol–water partition coefficient (Wildman–Crippen LogP) is 5.14. The number of hydrogen-bond donors (Lipinski definition) is 0. The zero-order valence-electron chi connectivity index (χ0n) is 12.5. The van der Waals surface area contributed by atoms with Gasteiger partial charge in [0.25, 0.3) is 0 Å². The van der Waals surface area contributed by atoms with Gasteiger partial charge in [-0.3, -0.25) is 4.79 Å². The number of ether oxygens (including phenoxy) is 1. The molecule has 0 radical (unpaired) electrons. The van der Waals surface area contributed by atoms with E-state index in [2.05, 4.69) is 61.0 Å². The van der Waals surface area contributed by atoms with Gasteiger partial charge in [0, 0.05) is 5.56 Å². The summed E-state index contributed by atoms with van der Waals surface area (Å²) < 4.78 is 6.58. The van der Waals surface area contributed by atoms with Crippen LogP contribution >= 0.6 is 15.9 Å². The molecule has 0 unspecified atom stereocenters. The van der Waals surface area contributed by atoms with Gasteiger partial charge in [0.05, 0.1) is 4.47 Å². The van der Waals surface area contributed by atoms with E-state index in [1.54, 1.807) is 18.2 Å². The molecule has 0 aliphatic rings. The minimum atomic E-state index is 0.160. The van der Waals surface area contributed by atoms with E-state index >= 15 is 0 Å². The van der Waals surface area contributed by atoms with Crippen LogP contribution in [0, 0.1) is 0 Å². The predicted molar refractivity (Wildman–Crippen MR) is 89.0 cm³/mol. The van der Waals surface area contributed by atoms with Crippen molar-refractivity contribution in [1.82, 2.24) is 0 Å². The molecule has 110 valence electrons. The van der Waals surface area contributed by atoms with Crippen LogP contribution in [0.3, 0.4) is 0 Å². The number of carbonyl (C=O) groups is 1. The molecule has 0 amide bonds. The molecule has 0 fully saturated rings. The fraction of sp³-hybridized carbons (Fsp3) is 0.278. The summed E-state index contributed by atoms with van der Waals surface area (Å²) in [6.45, 7) is 7.10. The zero-order chi connectivity index (χ0) is 15.5. The Bertz CT molecular complexity index is 625. The quantitative estimate of drug-likeness (QED) is 0.716. The molecule has 0 saturated carbocycles. The van der Waals surface area contributed by atoms with Gasteiger partial charge in [0.2, 0.25) is 0 Å². The van der Waals surface area contributed by atoms with Crippen LogP contribution < -0.4 is 4.74 Å². The standard InChI is InChI=1S/C18H19BrO2/c1-18(2,3)15-7-4-13(5-8-15)12-21-17-9-6-14(11-20)10-16(17)19/h4-11H,12H2,1-3H3. The van der Waals surface area contributed by atoms with Crippen LogP contribution in [0.25, 0.3) is 0 Å². The van der Waals surface area contributed by atoms with E-state index in [9.17, 15) is 4.79 Å². The van der Waals surface area contributed by atoms with Crippen LogP contribution in [0.4, 0.5) is 0 Å². The van der Waals surface area contributed by atoms with Crippen molar-refractivity contribution in [3.8, 4) is 5.75 Å². The molecular weight excluding hydrogens is 328 g/mol. The highest BCUT2D eigenvalue weighted by atomic mass is 79.9. The van der Waals surface area contributed by atoms with Gasteiger partial charge in [-0.1, -0.05) is 45.0 Å². The lowest BCUT2D eigenvalue weighted by Gasteiger charge is -2.19. The second-order valence-electron chi connectivity index (χ2n) is 6.04. The van der Waals surface area contributed by atoms with Crippen molar-refractivity contribution in [2.75, 3.05) is 0 Å². The van der Waals surface area contributed by atoms with E-state index in [1.807, 2.05) is 0 Å². The van der Waals surface area contributed by atoms with Crippen molar-refractivity contribution in [2.24, 2.45) is 0 Å². The highest BCUT2D eigenvalue weighted by molar-refractivity contribution is 9.10. The molecule has 0 aromatic heterocycles. The van der Waals surface area contributed by atoms with E-state index in [-0.39, 0.29) is 5.41 Å². The van der Waals surface area contributed by atoms with Crippen LogP contribution in [-0.2, 0) is 12.0 Å². The summed E-state index contributed by atoms with van der Waals surface area (Å²) in [7, 11) is 0. The van der Waals surface area contributed by atoms with Crippen molar-refractivity contribution in [2.45, 2.75) is 32.8 Å². The van der Waals surface area contributed by atoms with Crippen LogP contribution in [-0.4, -0.2) is 6.29 Å². The molecule has 0 aliphatic heterocycles. The van der Waals surface area contributed by atoms with E-state index in [0.717, 1.165) is 22.1 Å². The van der Waals surface area contributed by atoms with Gasteiger partial charge >= 0.3 is 0 Å². The molecule has 3 heteroatoms. The summed E-state index contributed by atoms with van der Waals surface area (Å²) >= 11 is 3.42. The van der Waals surface area contributed by atoms with E-state index < -0.39 is 0 Å². The van der Waals surface area contributed by atoms with E-state index in [4.69, 9.17) is 4.74 Å². The monoisotopic (exact) mass is 346 g/mol. The first-order valence-electron chi connectivity index (χ1n) is 6.87. The highest BCUT2D eigenvalue weighted by Crippen LogP contribution is 2.27. The Morgan fingerprint density at radius 1 is 1.10 bits per heavy atom. The molecular formula is C18H19BrO2. The number of hydrogen-bond acceptors (Lipinski definition) is 2. The normalized spacial score (nSPS) is 11.2. The van der Waals surface area contributed by atoms with Gasteiger partial charge in [0.1, 0.15) is 18.6 Å². The SMILES string of the molecule is CC(C)(C)c1ccc(COc2ccc(C=O)cc2Br)cc1. The van der Waals surface area contributed by atoms with Gasteiger partial charge in [-0.2, -0.15) is 0 Å². The molecule has 0 spiro atoms. The summed E-state index contributed by atoms with van der Waals surface area (Å²) in [4.78, 5) is 10.7. The Morgan fingerprint density at radius 2 is 1.76 bits per heavy atom. The zero-order valence-corrected chi connectivity index (χ0v) is 14.1. The Kier molecular flexibility index (Phi) is 4.84. The Balaban J connectivity index is 2.05. The fourth-order valence-electron chi connectivity index (χ4n) is 1.97. The maximum atomic E-state index is 10.7. The smallest absolute Gasteiger partial charge is 0.150 e. The van der Waals surface area contributed by atoms with Crippen molar-refractivity contribution in [3.63, 3.8) is 0 Å². The Labute approximate surface area is 134 Å². The van der Waals surface area contributed by atoms with Gasteiger partial charge in [-0.25, -0.2) is 0 Å². The highest BCUT2D eigenvalue weighted by Gasteiger charge is 2.12. The number of aldehydes is 1. The van der Waals surface area contributed by atoms with Gasteiger partial charge in [-0.15, -0.1) is 0 Å². The van der Waals surface area contributed by atoms with Crippen molar-refractivity contribution in [3.05, 3.63) is 63.6 Å². The van der Waals surface area contributed by atoms with Gasteiger partial charge in [-0.05, 0) is 50.7 Å². The van der Waals surface area contributed by atoms with Gasteiger partial charge in [0.15, 0.2) is 0 Å². The first kappa shape index (κ1) is 15.8. The molecule has 0 atom stereocenters. The third-order valence-corrected chi connectivity index (χ3v) is 3.93. The van der Waals surface area contributed by atoms with E-state index in [1.165, 1.54) is 5.56 Å². The molecule has 0 N–H and O–H groups in total. The second kappa shape index (κ2) is 6.44. The lowest BCUT2D eigenvalue weighted by atomic mass is 9.87. The number of rotatable bonds is 4. The molecule has 2 aromatic carbocycles. The molecule has 21 heavy (non-hydrogen) atoms. The minimum Gasteiger partial charge on any atom is -0.488 e. The van der Waals surface area contributed by atoms with Gasteiger partial charge < -0.3 is 4.74 Å². The Morgan fingerprint density at radius 3 is 2.29 bits per heavy atom. The topological polar surface area (TPSA) is 26.3 Å². The lowest BCUT2D eigenvalue weighted by molar-refractivity contribution is 0.112. The van der Waals surface area contributed by atoms with Crippen LogP contribution in [0.5, 0.6) is 5.75 Å². The summed E-state index contributed by atoms with van der Waals surface area (Å²) in [5.74, 6) is 0.737. The number of benzene rings is 2. The third-order valence-electron chi connectivity index (χ3n) is 3.31. The maximum absolute atomic E-state index is 10.7. The lowest BCUT2D eigenvalue weighted by Crippen LogP contribution is -2.10. The molecule has 0 bridgehead atoms. The summed E-state index contributed by atoms with van der Waals surface area (Å²) in [5.41, 5.74) is 3.22. The van der Waals surface area contributed by atoms with Crippen molar-refractivity contribution < 1.29 is 9.53 Å². The van der Waals surface area contributed by atoms with Crippen molar-refractivity contribution in [1.29, 1.82) is 0 Å². The largest absolute Gasteiger partial charge is 0.488 e. The second-order valence-corrected chi connectivity index (χ2v) is 6.90. The first-order valence-corrected chi connectivity index (χ1v) is 7.66. The first-order chi connectivity index (χ1) is 9.90. The summed E-state index contributed by atoms with van der Waals surface area (Å²) in [6.07, 6.45) is 0.819. The minimum absolute atomic E-state index is 0.160. The molecule has 2 aromatic rings. The van der Waals surface area contributed by atoms with Crippen LogP contribution in [0.15, 0.2) is 46.9 Å². The molecule has 0 heterocycles. The third kappa shape index (κ3) is 4.18. The van der Waals surface area contributed by atoms with Crippen LogP contribution in [0.2, 0.25) is 0 Å². The molecule has 2 rings (SSSR count). The fourth-order valence-corrected chi connectivity index (χ4v) is 2.48. The molecule has 0 aliphatic carbocycles. The number of halogens is 1. The van der Waals surface area contributed by atoms with Crippen molar-refractivity contribution >= 4 is 22.2 Å². The molecule has 2 nitrogen and oxygen atoms in total. The molecule has 0 saturated heterocycles. The number of carbonyl (C=O) groups excluding carboxylic acids is 1. The Hall–Kier alpha value is -1.61.